The highest BCUT2D eigenvalue weighted by atomic mass is 32.1. The summed E-state index contributed by atoms with van der Waals surface area (Å²) in [6.07, 6.45) is 11.0. The van der Waals surface area contributed by atoms with Gasteiger partial charge in [-0.15, -0.1) is 11.3 Å². The molecule has 0 bridgehead atoms. The van der Waals surface area contributed by atoms with Crippen molar-refractivity contribution >= 4 is 185 Å². The lowest BCUT2D eigenvalue weighted by molar-refractivity contribution is 0.668. The number of fused-ring (bicyclic) bond motifs is 18. The van der Waals surface area contributed by atoms with E-state index in [1.165, 1.54) is 185 Å². The maximum atomic E-state index is 5.81. The van der Waals surface area contributed by atoms with Gasteiger partial charge >= 0.3 is 0 Å². The molecule has 11 aromatic heterocycles. The van der Waals surface area contributed by atoms with Gasteiger partial charge in [0.2, 0.25) is 0 Å². The molecule has 0 saturated carbocycles. The fourth-order valence-corrected chi connectivity index (χ4v) is 19.4. The fraction of sp³-hybridized carbons (Fsp3) is 0.162. The van der Waals surface area contributed by atoms with Gasteiger partial charge in [-0.3, -0.25) is 34.9 Å². The molecule has 14 heteroatoms. The molecule has 16 aromatic carbocycles. The van der Waals surface area contributed by atoms with Crippen molar-refractivity contribution in [3.63, 3.8) is 0 Å². The van der Waals surface area contributed by atoms with Crippen LogP contribution in [0.4, 0.5) is 0 Å². The molecular weight excluding hydrogens is 1850 g/mol. The molecule has 0 aliphatic carbocycles. The number of nitrogens with zero attached hydrogens (tertiary/aromatic N) is 12. The van der Waals surface area contributed by atoms with E-state index in [9.17, 15) is 0 Å². The number of hydrogen-bond acceptors (Lipinski definition) is 14. The minimum Gasteiger partial charge on any atom is -0.456 e. The highest BCUT2D eigenvalue weighted by Gasteiger charge is 2.12. The van der Waals surface area contributed by atoms with E-state index in [1.54, 1.807) is 18.6 Å². The molecule has 27 rings (SSSR count). The number of aromatic nitrogens is 12. The van der Waals surface area contributed by atoms with Crippen LogP contribution in [0.25, 0.3) is 173 Å². The molecule has 13 nitrogen and oxygen atoms in total. The van der Waals surface area contributed by atoms with Gasteiger partial charge in [0.15, 0.2) is 0 Å². The molecule has 0 aliphatic rings. The number of pyridine rings is 6. The van der Waals surface area contributed by atoms with E-state index in [1.807, 2.05) is 88.0 Å². The van der Waals surface area contributed by atoms with E-state index in [2.05, 4.69) is 482 Å². The molecule has 0 fully saturated rings. The number of aryl methyl sites for hydroxylation is 22. The van der Waals surface area contributed by atoms with E-state index >= 15 is 0 Å². The van der Waals surface area contributed by atoms with Gasteiger partial charge in [0.05, 0.1) is 82.9 Å². The van der Waals surface area contributed by atoms with Crippen molar-refractivity contribution in [2.45, 2.75) is 152 Å². The van der Waals surface area contributed by atoms with Crippen molar-refractivity contribution in [1.29, 1.82) is 0 Å². The van der Waals surface area contributed by atoms with Crippen LogP contribution in [-0.2, 0) is 0 Å². The minimum absolute atomic E-state index is 0.962. The molecule has 27 aromatic rings. The monoisotopic (exact) mass is 1970 g/mol. The summed E-state index contributed by atoms with van der Waals surface area (Å²) < 4.78 is 8.61. The SMILES string of the molecule is Cc1ccc(C)c2nccnc12.Cc1ccc2c(c1)oc1cc(C)ccc12.Cc1ccc2c(c1)sc1cc(C)ccc12.Cc1ccc2cc(C)ncc2c1.Cc1ccc2nc(C)ccc2c1.Cc1ccc2nc(C)cnc2c1.Cc1ccc2nc3cc(C)ccc3cc2c1.Cc1ccc2nc3cc(C)ccc3nc2c1.Cc1ccc2nc3ccc(C)cc3cc2c1.Cc1cnc(C)c2ccccc12.Cc1cnc2cc(C)ccc2c1. The number of rotatable bonds is 0. The van der Waals surface area contributed by atoms with Gasteiger partial charge in [-0.1, -0.05) is 198 Å². The topological polar surface area (TPSA) is 168 Å². The summed E-state index contributed by atoms with van der Waals surface area (Å²) in [5.41, 5.74) is 43.0. The number of hydrogen-bond donors (Lipinski definition) is 0. The van der Waals surface area contributed by atoms with Crippen molar-refractivity contribution < 1.29 is 4.42 Å². The summed E-state index contributed by atoms with van der Waals surface area (Å²) in [5.74, 6) is 0. The van der Waals surface area contributed by atoms with Crippen molar-refractivity contribution in [2.75, 3.05) is 0 Å². The van der Waals surface area contributed by atoms with E-state index in [0.29, 0.717) is 0 Å². The predicted molar refractivity (Wildman–Crippen MR) is 639 cm³/mol. The molecular formula is C136H126N12OS. The highest BCUT2D eigenvalue weighted by Crippen LogP contribution is 2.36. The average molecular weight is 1980 g/mol. The molecule has 0 saturated heterocycles. The molecule has 0 radical (unpaired) electrons. The first-order valence-electron chi connectivity index (χ1n) is 50.9. The van der Waals surface area contributed by atoms with Gasteiger partial charge in [0, 0.05) is 128 Å². The minimum atomic E-state index is 0.962. The maximum Gasteiger partial charge on any atom is 0.135 e. The van der Waals surface area contributed by atoms with Crippen molar-refractivity contribution in [3.05, 3.63) is 488 Å². The van der Waals surface area contributed by atoms with E-state index < -0.39 is 0 Å². The summed E-state index contributed by atoms with van der Waals surface area (Å²) in [4.78, 5) is 53.1. The first kappa shape index (κ1) is 104. The Morgan fingerprint density at radius 1 is 0.173 bits per heavy atom. The Morgan fingerprint density at radius 2 is 0.520 bits per heavy atom. The van der Waals surface area contributed by atoms with Crippen LogP contribution in [0.5, 0.6) is 0 Å². The maximum absolute atomic E-state index is 5.81. The van der Waals surface area contributed by atoms with Crippen LogP contribution in [0, 0.1) is 152 Å². The van der Waals surface area contributed by atoms with Gasteiger partial charge < -0.3 is 4.42 Å². The first-order chi connectivity index (χ1) is 72.2. The lowest BCUT2D eigenvalue weighted by Gasteiger charge is -2.03. The standard InChI is InChI=1S/2C15H13N.C14H12N2.C14H12O.C14H12S.4C11H11N.2C10H10N2/c1-10-4-6-14-13(7-10)9-12-5-3-11(2)8-15(12)16-14;1-10-3-5-14-12(7-10)9-13-8-11(2)4-6-15(13)16-14;1-9-3-5-11-13(7-9)15-12-6-4-10(2)8-14(12)16-11;2*1-9-3-5-11-12-6-4-10(2)8-14(12)15-13(11)7-9;1-8-3-6-11-10(7-8)5-4-9(2)12-11;1-8-3-4-10-5-9(2)7-12-11(10)6-8;1-8-3-4-10-6-9(2)12-7-11(10)5-8;1-8-7-12-9(2)11-6-4-3-5-10(8)11;1-7-3-4-9-10(5-7)11-6-8(2)12-9;1-7-3-4-8(2)10-9(7)11-5-6-12-10/h2*3-9H,1-2H3;3-8H,1-2H3;2*3-8H,1-2H3;4*3-7H,1-2H3;2*3-6H,1-2H3. The normalized spacial score (nSPS) is 10.9. The molecule has 742 valence electrons. The van der Waals surface area contributed by atoms with Gasteiger partial charge in [-0.25, -0.2) is 24.9 Å². The Hall–Kier alpha value is -17.2. The van der Waals surface area contributed by atoms with Gasteiger partial charge in [-0.2, -0.15) is 0 Å². The quantitative estimate of drug-likeness (QED) is 0.132. The van der Waals surface area contributed by atoms with Gasteiger partial charge in [-0.05, 0) is 393 Å². The van der Waals surface area contributed by atoms with Crippen molar-refractivity contribution in [2.24, 2.45) is 0 Å². The summed E-state index contributed by atoms with van der Waals surface area (Å²) >= 11 is 1.89. The average Bonchev–Trinajstić information content (AvgIpc) is 1.63. The fourth-order valence-electron chi connectivity index (χ4n) is 18.1. The third-order valence-corrected chi connectivity index (χ3v) is 27.3. The van der Waals surface area contributed by atoms with Crippen LogP contribution in [-0.4, -0.2) is 59.8 Å². The number of furan rings is 1. The third kappa shape index (κ3) is 26.4. The van der Waals surface area contributed by atoms with E-state index in [4.69, 9.17) is 4.42 Å². The van der Waals surface area contributed by atoms with Crippen LogP contribution in [0.3, 0.4) is 0 Å². The molecule has 0 atom stereocenters. The molecule has 150 heavy (non-hydrogen) atoms. The highest BCUT2D eigenvalue weighted by molar-refractivity contribution is 7.25. The predicted octanol–water partition coefficient (Wildman–Crippen LogP) is 36.2. The van der Waals surface area contributed by atoms with Crippen LogP contribution >= 0.6 is 11.3 Å². The number of thiophene rings is 1. The van der Waals surface area contributed by atoms with Crippen LogP contribution in [0.2, 0.25) is 0 Å². The Kier molecular flexibility index (Phi) is 32.7. The second kappa shape index (κ2) is 47.1. The zero-order valence-corrected chi connectivity index (χ0v) is 90.6. The van der Waals surface area contributed by atoms with Gasteiger partial charge in [0.25, 0.3) is 0 Å². The second-order valence-corrected chi connectivity index (χ2v) is 40.8. The molecule has 0 amide bonds. The molecule has 0 N–H and O–H groups in total. The Morgan fingerprint density at radius 3 is 1.03 bits per heavy atom. The summed E-state index contributed by atoms with van der Waals surface area (Å²) in [7, 11) is 0. The first-order valence-corrected chi connectivity index (χ1v) is 51.7. The smallest absolute Gasteiger partial charge is 0.135 e. The Bertz CT molecular complexity index is 8470. The van der Waals surface area contributed by atoms with Crippen LogP contribution in [0.1, 0.15) is 123 Å². The molecule has 11 heterocycles. The van der Waals surface area contributed by atoms with E-state index in [0.717, 1.165) is 111 Å². The second-order valence-electron chi connectivity index (χ2n) is 39.7. The van der Waals surface area contributed by atoms with Crippen molar-refractivity contribution in [3.8, 4) is 0 Å². The zero-order valence-electron chi connectivity index (χ0n) is 89.8. The summed E-state index contributed by atoms with van der Waals surface area (Å²) in [6, 6.07) is 114. The van der Waals surface area contributed by atoms with E-state index in [-0.39, 0.29) is 0 Å². The third-order valence-electron chi connectivity index (χ3n) is 26.2. The zero-order chi connectivity index (χ0) is 106. The molecule has 0 spiro atoms. The summed E-state index contributed by atoms with van der Waals surface area (Å²) in [5, 5.41) is 17.6. The largest absolute Gasteiger partial charge is 0.456 e. The lowest BCUT2D eigenvalue weighted by atomic mass is 10.1. The van der Waals surface area contributed by atoms with Crippen molar-refractivity contribution in [1.82, 2.24) is 59.8 Å². The number of benzene rings is 16. The molecule has 0 aliphatic heterocycles. The van der Waals surface area contributed by atoms with Crippen LogP contribution < -0.4 is 0 Å². The molecule has 0 unspecified atom stereocenters. The summed E-state index contributed by atoms with van der Waals surface area (Å²) in [6.45, 7) is 45.6. The van der Waals surface area contributed by atoms with Gasteiger partial charge in [0.1, 0.15) is 11.2 Å². The Labute approximate surface area is 882 Å². The lowest BCUT2D eigenvalue weighted by Crippen LogP contribution is -1.88. The van der Waals surface area contributed by atoms with Crippen LogP contribution in [0.15, 0.2) is 369 Å². The Balaban J connectivity index is 0.000000113.